The number of hydrogen-bond acceptors (Lipinski definition) is 4. The molecule has 0 radical (unpaired) electrons. The number of sulfonamides is 1. The average Bonchev–Trinajstić information content (AvgIpc) is 2.55. The molecular weight excluding hydrogens is 338 g/mol. The molecule has 0 heterocycles. The normalized spacial score (nSPS) is 11.3. The Morgan fingerprint density at radius 3 is 2.35 bits per heavy atom. The molecule has 23 heavy (non-hydrogen) atoms. The van der Waals surface area contributed by atoms with E-state index in [1.165, 1.54) is 12.1 Å². The highest BCUT2D eigenvalue weighted by Gasteiger charge is 2.13. The molecular formula is C16H18ClNO4S. The molecule has 7 heteroatoms. The van der Waals surface area contributed by atoms with Crippen molar-refractivity contribution in [2.45, 2.75) is 11.3 Å². The van der Waals surface area contributed by atoms with Crippen molar-refractivity contribution in [2.75, 3.05) is 20.8 Å². The van der Waals surface area contributed by atoms with Gasteiger partial charge in [0.05, 0.1) is 19.1 Å². The minimum Gasteiger partial charge on any atom is -0.497 e. The van der Waals surface area contributed by atoms with Gasteiger partial charge in [-0.2, -0.15) is 0 Å². The van der Waals surface area contributed by atoms with Gasteiger partial charge in [-0.3, -0.25) is 0 Å². The molecule has 0 amide bonds. The van der Waals surface area contributed by atoms with Crippen LogP contribution in [0.15, 0.2) is 47.4 Å². The zero-order valence-corrected chi connectivity index (χ0v) is 14.4. The fraction of sp³-hybridized carbons (Fsp3) is 0.250. The highest BCUT2D eigenvalue weighted by atomic mass is 35.5. The molecule has 0 saturated carbocycles. The van der Waals surface area contributed by atoms with E-state index in [0.29, 0.717) is 22.9 Å². The Hall–Kier alpha value is -1.76. The van der Waals surface area contributed by atoms with Crippen LogP contribution in [0.2, 0.25) is 5.02 Å². The van der Waals surface area contributed by atoms with Crippen LogP contribution in [0, 0.1) is 0 Å². The van der Waals surface area contributed by atoms with Crippen molar-refractivity contribution in [3.05, 3.63) is 53.1 Å². The molecule has 0 unspecified atom stereocenters. The van der Waals surface area contributed by atoms with Crippen LogP contribution in [-0.2, 0) is 16.4 Å². The minimum atomic E-state index is -3.55. The predicted molar refractivity (Wildman–Crippen MR) is 89.9 cm³/mol. The van der Waals surface area contributed by atoms with Gasteiger partial charge in [-0.25, -0.2) is 13.1 Å². The van der Waals surface area contributed by atoms with Crippen molar-refractivity contribution in [2.24, 2.45) is 0 Å². The van der Waals surface area contributed by atoms with Gasteiger partial charge in [0, 0.05) is 17.6 Å². The Balaban J connectivity index is 2.03. The number of methoxy groups -OCH3 is 2. The van der Waals surface area contributed by atoms with Gasteiger partial charge in [0.15, 0.2) is 0 Å². The molecule has 0 aliphatic carbocycles. The van der Waals surface area contributed by atoms with Crippen LogP contribution < -0.4 is 14.2 Å². The van der Waals surface area contributed by atoms with E-state index in [-0.39, 0.29) is 11.4 Å². The van der Waals surface area contributed by atoms with Gasteiger partial charge in [-0.05, 0) is 42.3 Å². The summed E-state index contributed by atoms with van der Waals surface area (Å²) in [5, 5.41) is 0.493. The quantitative estimate of drug-likeness (QED) is 0.829. The summed E-state index contributed by atoms with van der Waals surface area (Å²) in [5.41, 5.74) is 0.895. The minimum absolute atomic E-state index is 0.184. The Labute approximate surface area is 141 Å². The molecule has 124 valence electrons. The lowest BCUT2D eigenvalue weighted by Crippen LogP contribution is -2.26. The second-order valence-electron chi connectivity index (χ2n) is 4.78. The molecule has 0 saturated heterocycles. The molecule has 0 fully saturated rings. The molecule has 2 aromatic rings. The van der Waals surface area contributed by atoms with Crippen LogP contribution in [-0.4, -0.2) is 29.2 Å². The maximum absolute atomic E-state index is 12.2. The van der Waals surface area contributed by atoms with Gasteiger partial charge in [0.25, 0.3) is 0 Å². The van der Waals surface area contributed by atoms with E-state index in [4.69, 9.17) is 21.1 Å². The van der Waals surface area contributed by atoms with Crippen molar-refractivity contribution >= 4 is 21.6 Å². The Kier molecular flexibility index (Phi) is 5.87. The average molecular weight is 356 g/mol. The van der Waals surface area contributed by atoms with Crippen molar-refractivity contribution in [3.63, 3.8) is 0 Å². The number of hydrogen-bond donors (Lipinski definition) is 1. The SMILES string of the molecule is COc1ccc(CCNS(=O)(=O)c2ccc(Cl)cc2)c(OC)c1. The maximum atomic E-state index is 12.2. The highest BCUT2D eigenvalue weighted by molar-refractivity contribution is 7.89. The summed E-state index contributed by atoms with van der Waals surface area (Å²) in [6.45, 7) is 0.258. The Morgan fingerprint density at radius 1 is 1.04 bits per heavy atom. The second kappa shape index (κ2) is 7.68. The third kappa shape index (κ3) is 4.60. The van der Waals surface area contributed by atoms with Crippen LogP contribution >= 0.6 is 11.6 Å². The molecule has 0 bridgehead atoms. The topological polar surface area (TPSA) is 64.6 Å². The molecule has 5 nitrogen and oxygen atoms in total. The van der Waals surface area contributed by atoms with Crippen LogP contribution in [0.25, 0.3) is 0 Å². The number of rotatable bonds is 7. The van der Waals surface area contributed by atoms with Crippen LogP contribution in [0.5, 0.6) is 11.5 Å². The summed E-state index contributed by atoms with van der Waals surface area (Å²) in [7, 11) is -0.410. The number of ether oxygens (including phenoxy) is 2. The van der Waals surface area contributed by atoms with E-state index in [1.54, 1.807) is 32.4 Å². The summed E-state index contributed by atoms with van der Waals surface area (Å²) in [5.74, 6) is 1.35. The van der Waals surface area contributed by atoms with Crippen molar-refractivity contribution < 1.29 is 17.9 Å². The number of halogens is 1. The first-order chi connectivity index (χ1) is 11.0. The van der Waals surface area contributed by atoms with Crippen LogP contribution in [0.4, 0.5) is 0 Å². The lowest BCUT2D eigenvalue weighted by molar-refractivity contribution is 0.391. The van der Waals surface area contributed by atoms with E-state index >= 15 is 0 Å². The lowest BCUT2D eigenvalue weighted by atomic mass is 10.1. The van der Waals surface area contributed by atoms with E-state index in [1.807, 2.05) is 12.1 Å². The van der Waals surface area contributed by atoms with Gasteiger partial charge in [0.2, 0.25) is 10.0 Å². The predicted octanol–water partition coefficient (Wildman–Crippen LogP) is 2.88. The number of nitrogens with one attached hydrogen (secondary N) is 1. The van der Waals surface area contributed by atoms with Gasteiger partial charge >= 0.3 is 0 Å². The summed E-state index contributed by atoms with van der Waals surface area (Å²) >= 11 is 5.76. The Morgan fingerprint density at radius 2 is 1.74 bits per heavy atom. The first kappa shape index (κ1) is 17.6. The summed E-state index contributed by atoms with van der Waals surface area (Å²) < 4.78 is 37.4. The van der Waals surface area contributed by atoms with Gasteiger partial charge in [-0.1, -0.05) is 17.7 Å². The largest absolute Gasteiger partial charge is 0.497 e. The molecule has 0 aromatic heterocycles. The molecule has 2 rings (SSSR count). The molecule has 0 aliphatic rings. The first-order valence-corrected chi connectivity index (χ1v) is 8.78. The lowest BCUT2D eigenvalue weighted by Gasteiger charge is -2.11. The van der Waals surface area contributed by atoms with Crippen molar-refractivity contribution in [1.29, 1.82) is 0 Å². The standard InChI is InChI=1S/C16H18ClNO4S/c1-21-14-6-3-12(16(11-14)22-2)9-10-18-23(19,20)15-7-4-13(17)5-8-15/h3-8,11,18H,9-10H2,1-2H3. The summed E-state index contributed by atoms with van der Waals surface area (Å²) in [6, 6.07) is 11.5. The fourth-order valence-electron chi connectivity index (χ4n) is 2.08. The smallest absolute Gasteiger partial charge is 0.240 e. The third-order valence-corrected chi connectivity index (χ3v) is 5.03. The zero-order chi connectivity index (χ0) is 16.9. The first-order valence-electron chi connectivity index (χ1n) is 6.92. The highest BCUT2D eigenvalue weighted by Crippen LogP contribution is 2.24. The summed E-state index contributed by atoms with van der Waals surface area (Å²) in [6.07, 6.45) is 0.500. The van der Waals surface area contributed by atoms with E-state index in [9.17, 15) is 8.42 Å². The van der Waals surface area contributed by atoms with Crippen LogP contribution in [0.1, 0.15) is 5.56 Å². The fourth-order valence-corrected chi connectivity index (χ4v) is 3.23. The maximum Gasteiger partial charge on any atom is 0.240 e. The molecule has 0 aliphatic heterocycles. The van der Waals surface area contributed by atoms with E-state index in [0.717, 1.165) is 5.56 Å². The van der Waals surface area contributed by atoms with E-state index in [2.05, 4.69) is 4.72 Å². The monoisotopic (exact) mass is 355 g/mol. The van der Waals surface area contributed by atoms with E-state index < -0.39 is 10.0 Å². The van der Waals surface area contributed by atoms with Crippen molar-refractivity contribution in [1.82, 2.24) is 4.72 Å². The summed E-state index contributed by atoms with van der Waals surface area (Å²) in [4.78, 5) is 0.184. The molecule has 0 atom stereocenters. The third-order valence-electron chi connectivity index (χ3n) is 3.30. The Bertz CT molecular complexity index is 760. The zero-order valence-electron chi connectivity index (χ0n) is 12.9. The van der Waals surface area contributed by atoms with Gasteiger partial charge in [-0.15, -0.1) is 0 Å². The molecule has 1 N–H and O–H groups in total. The van der Waals surface area contributed by atoms with Gasteiger partial charge < -0.3 is 9.47 Å². The second-order valence-corrected chi connectivity index (χ2v) is 6.98. The van der Waals surface area contributed by atoms with Crippen LogP contribution in [0.3, 0.4) is 0 Å². The number of benzene rings is 2. The van der Waals surface area contributed by atoms with Crippen molar-refractivity contribution in [3.8, 4) is 11.5 Å². The molecule has 0 spiro atoms. The molecule has 2 aromatic carbocycles. The van der Waals surface area contributed by atoms with Gasteiger partial charge in [0.1, 0.15) is 11.5 Å².